The van der Waals surface area contributed by atoms with Gasteiger partial charge in [0, 0.05) is 38.4 Å². The summed E-state index contributed by atoms with van der Waals surface area (Å²) >= 11 is 0. The van der Waals surface area contributed by atoms with E-state index in [4.69, 9.17) is 0 Å². The van der Waals surface area contributed by atoms with E-state index in [1.54, 1.807) is 0 Å². The molecule has 3 nitrogen and oxygen atoms in total. The molecule has 0 bridgehead atoms. The molecule has 0 radical (unpaired) electrons. The van der Waals surface area contributed by atoms with Gasteiger partial charge in [-0.1, -0.05) is 12.2 Å². The second kappa shape index (κ2) is 6.01. The molecule has 0 N–H and O–H groups in total. The van der Waals surface area contributed by atoms with Gasteiger partial charge in [0.25, 0.3) is 0 Å². The predicted molar refractivity (Wildman–Crippen MR) is 77.9 cm³/mol. The first-order chi connectivity index (χ1) is 8.70. The molecule has 18 heavy (non-hydrogen) atoms. The summed E-state index contributed by atoms with van der Waals surface area (Å²) in [6, 6.07) is 4.87. The lowest BCUT2D eigenvalue weighted by atomic mass is 10.2. The highest BCUT2D eigenvalue weighted by molar-refractivity contribution is 5.54. The van der Waals surface area contributed by atoms with Crippen molar-refractivity contribution >= 4 is 11.9 Å². The van der Waals surface area contributed by atoms with Crippen LogP contribution in [-0.2, 0) is 0 Å². The maximum atomic E-state index is 4.49. The molecule has 0 aromatic carbocycles. The van der Waals surface area contributed by atoms with E-state index in [1.165, 1.54) is 5.56 Å². The van der Waals surface area contributed by atoms with Crippen LogP contribution in [-0.4, -0.2) is 42.1 Å². The molecule has 2 rings (SSSR count). The number of anilines is 1. The van der Waals surface area contributed by atoms with Crippen LogP contribution in [0.2, 0.25) is 0 Å². The number of aromatic nitrogens is 1. The van der Waals surface area contributed by atoms with Crippen molar-refractivity contribution in [2.24, 2.45) is 0 Å². The molecule has 0 saturated carbocycles. The van der Waals surface area contributed by atoms with Crippen molar-refractivity contribution in [3.63, 3.8) is 0 Å². The lowest BCUT2D eigenvalue weighted by Crippen LogP contribution is -2.49. The van der Waals surface area contributed by atoms with Crippen LogP contribution >= 0.6 is 0 Å². The van der Waals surface area contributed by atoms with Crippen molar-refractivity contribution in [2.75, 3.05) is 31.1 Å². The predicted octanol–water partition coefficient (Wildman–Crippen LogP) is 2.65. The SMILES string of the molecule is C/C=C\c1ccnc(N2CCN(C(C)C)CC2)c1. The Labute approximate surface area is 110 Å². The first-order valence-electron chi connectivity index (χ1n) is 6.78. The van der Waals surface area contributed by atoms with Crippen LogP contribution in [0.4, 0.5) is 5.82 Å². The van der Waals surface area contributed by atoms with Gasteiger partial charge >= 0.3 is 0 Å². The average Bonchev–Trinajstić information content (AvgIpc) is 2.39. The van der Waals surface area contributed by atoms with E-state index in [2.05, 4.69) is 46.8 Å². The fourth-order valence-electron chi connectivity index (χ4n) is 2.37. The van der Waals surface area contributed by atoms with Crippen LogP contribution in [0.1, 0.15) is 26.3 Å². The maximum Gasteiger partial charge on any atom is 0.129 e. The van der Waals surface area contributed by atoms with Gasteiger partial charge in [0.2, 0.25) is 0 Å². The minimum absolute atomic E-state index is 0.648. The van der Waals surface area contributed by atoms with Crippen molar-refractivity contribution in [2.45, 2.75) is 26.8 Å². The third-order valence-corrected chi connectivity index (χ3v) is 3.50. The van der Waals surface area contributed by atoms with E-state index < -0.39 is 0 Å². The molecular weight excluding hydrogens is 222 g/mol. The molecule has 1 aromatic rings. The number of allylic oxidation sites excluding steroid dienone is 1. The summed E-state index contributed by atoms with van der Waals surface area (Å²) in [7, 11) is 0. The highest BCUT2D eigenvalue weighted by atomic mass is 15.3. The van der Waals surface area contributed by atoms with Gasteiger partial charge in [-0.15, -0.1) is 0 Å². The van der Waals surface area contributed by atoms with E-state index in [0.29, 0.717) is 6.04 Å². The van der Waals surface area contributed by atoms with Crippen LogP contribution in [0.3, 0.4) is 0 Å². The van der Waals surface area contributed by atoms with Crippen molar-refractivity contribution in [3.05, 3.63) is 30.0 Å². The van der Waals surface area contributed by atoms with Gasteiger partial charge in [0.15, 0.2) is 0 Å². The first-order valence-corrected chi connectivity index (χ1v) is 6.78. The number of nitrogens with zero attached hydrogens (tertiary/aromatic N) is 3. The van der Waals surface area contributed by atoms with Crippen molar-refractivity contribution in [1.82, 2.24) is 9.88 Å². The zero-order chi connectivity index (χ0) is 13.0. The van der Waals surface area contributed by atoms with Crippen LogP contribution in [0, 0.1) is 0 Å². The van der Waals surface area contributed by atoms with Crippen LogP contribution < -0.4 is 4.90 Å². The van der Waals surface area contributed by atoms with Gasteiger partial charge in [-0.2, -0.15) is 0 Å². The monoisotopic (exact) mass is 245 g/mol. The van der Waals surface area contributed by atoms with Crippen LogP contribution in [0.5, 0.6) is 0 Å². The second-order valence-corrected chi connectivity index (χ2v) is 5.06. The fraction of sp³-hybridized carbons (Fsp3) is 0.533. The summed E-state index contributed by atoms with van der Waals surface area (Å²) in [5.41, 5.74) is 1.23. The van der Waals surface area contributed by atoms with E-state index in [1.807, 2.05) is 19.2 Å². The van der Waals surface area contributed by atoms with Crippen molar-refractivity contribution in [3.8, 4) is 0 Å². The molecule has 0 aliphatic carbocycles. The van der Waals surface area contributed by atoms with Gasteiger partial charge in [-0.05, 0) is 38.5 Å². The molecule has 0 spiro atoms. The highest BCUT2D eigenvalue weighted by Gasteiger charge is 2.19. The van der Waals surface area contributed by atoms with Gasteiger partial charge < -0.3 is 4.90 Å². The van der Waals surface area contributed by atoms with Gasteiger partial charge in [0.05, 0.1) is 0 Å². The first kappa shape index (κ1) is 13.1. The fourth-order valence-corrected chi connectivity index (χ4v) is 2.37. The third-order valence-electron chi connectivity index (χ3n) is 3.50. The summed E-state index contributed by atoms with van der Waals surface area (Å²) in [4.78, 5) is 9.39. The van der Waals surface area contributed by atoms with Crippen LogP contribution in [0.25, 0.3) is 6.08 Å². The van der Waals surface area contributed by atoms with E-state index in [9.17, 15) is 0 Å². The topological polar surface area (TPSA) is 19.4 Å². The number of pyridine rings is 1. The molecule has 0 unspecified atom stereocenters. The minimum Gasteiger partial charge on any atom is -0.354 e. The molecule has 1 aliphatic heterocycles. The van der Waals surface area contributed by atoms with E-state index in [-0.39, 0.29) is 0 Å². The molecule has 2 heterocycles. The number of hydrogen-bond acceptors (Lipinski definition) is 3. The quantitative estimate of drug-likeness (QED) is 0.816. The number of piperazine rings is 1. The summed E-state index contributed by atoms with van der Waals surface area (Å²) in [6.45, 7) is 11.0. The maximum absolute atomic E-state index is 4.49. The lowest BCUT2D eigenvalue weighted by Gasteiger charge is -2.37. The van der Waals surface area contributed by atoms with Gasteiger partial charge in [0.1, 0.15) is 5.82 Å². The van der Waals surface area contributed by atoms with Crippen molar-refractivity contribution in [1.29, 1.82) is 0 Å². The highest BCUT2D eigenvalue weighted by Crippen LogP contribution is 2.16. The Bertz CT molecular complexity index is 404. The Morgan fingerprint density at radius 1 is 1.22 bits per heavy atom. The Kier molecular flexibility index (Phi) is 4.37. The van der Waals surface area contributed by atoms with Gasteiger partial charge in [-0.25, -0.2) is 4.98 Å². The second-order valence-electron chi connectivity index (χ2n) is 5.06. The van der Waals surface area contributed by atoms with Crippen molar-refractivity contribution < 1.29 is 0 Å². The van der Waals surface area contributed by atoms with E-state index >= 15 is 0 Å². The molecule has 1 saturated heterocycles. The molecule has 0 atom stereocenters. The molecule has 3 heteroatoms. The summed E-state index contributed by atoms with van der Waals surface area (Å²) < 4.78 is 0. The summed E-state index contributed by atoms with van der Waals surface area (Å²) in [5, 5.41) is 0. The number of rotatable bonds is 3. The Morgan fingerprint density at radius 3 is 2.56 bits per heavy atom. The average molecular weight is 245 g/mol. The zero-order valence-electron chi connectivity index (χ0n) is 11.6. The van der Waals surface area contributed by atoms with Crippen LogP contribution in [0.15, 0.2) is 24.4 Å². The Morgan fingerprint density at radius 2 is 1.94 bits per heavy atom. The smallest absolute Gasteiger partial charge is 0.129 e. The molecule has 1 aliphatic rings. The largest absolute Gasteiger partial charge is 0.354 e. The standard InChI is InChI=1S/C15H23N3/c1-4-5-14-6-7-16-15(12-14)18-10-8-17(9-11-18)13(2)3/h4-7,12-13H,8-11H2,1-3H3/b5-4-. The molecular formula is C15H23N3. The normalized spacial score (nSPS) is 17.9. The summed E-state index contributed by atoms with van der Waals surface area (Å²) in [5.74, 6) is 1.11. The zero-order valence-corrected chi connectivity index (χ0v) is 11.6. The molecule has 0 amide bonds. The molecule has 98 valence electrons. The Balaban J connectivity index is 2.03. The number of hydrogen-bond donors (Lipinski definition) is 0. The third kappa shape index (κ3) is 3.10. The minimum atomic E-state index is 0.648. The molecule has 1 fully saturated rings. The summed E-state index contributed by atoms with van der Waals surface area (Å²) in [6.07, 6.45) is 6.09. The lowest BCUT2D eigenvalue weighted by molar-refractivity contribution is 0.209. The van der Waals surface area contributed by atoms with E-state index in [0.717, 1.165) is 32.0 Å². The Hall–Kier alpha value is -1.35. The van der Waals surface area contributed by atoms with Gasteiger partial charge in [-0.3, -0.25) is 4.90 Å². The molecule has 1 aromatic heterocycles.